The molecule has 0 saturated carbocycles. The largest absolute Gasteiger partial charge is 0.496 e. The first kappa shape index (κ1) is 23.7. The summed E-state index contributed by atoms with van der Waals surface area (Å²) in [6.07, 6.45) is 0.114. The van der Waals surface area contributed by atoms with E-state index in [1.165, 1.54) is 7.11 Å². The van der Waals surface area contributed by atoms with Gasteiger partial charge >= 0.3 is 5.97 Å². The van der Waals surface area contributed by atoms with Gasteiger partial charge in [-0.3, -0.25) is 4.79 Å². The summed E-state index contributed by atoms with van der Waals surface area (Å²) >= 11 is 0. The van der Waals surface area contributed by atoms with Gasteiger partial charge in [-0.15, -0.1) is 0 Å². The van der Waals surface area contributed by atoms with Crippen LogP contribution in [-0.4, -0.2) is 50.1 Å². The molecule has 0 radical (unpaired) electrons. The van der Waals surface area contributed by atoms with Gasteiger partial charge in [0.25, 0.3) is 5.91 Å². The minimum absolute atomic E-state index is 0.114. The third-order valence-electron chi connectivity index (χ3n) is 4.68. The highest BCUT2D eigenvalue weighted by Gasteiger charge is 2.25. The molecular weight excluding hydrogens is 400 g/mol. The lowest BCUT2D eigenvalue weighted by molar-refractivity contribution is -0.141. The Morgan fingerprint density at radius 2 is 1.58 bits per heavy atom. The SMILES string of the molecule is CO/N=C(\C(=O)N[C@@H](Cc1ccc(-c2c(OC)cccc2OC)cc1)C(=O)O)C(C)C. The number of benzene rings is 2. The Kier molecular flexibility index (Phi) is 8.43. The topological polar surface area (TPSA) is 106 Å². The number of rotatable bonds is 10. The van der Waals surface area contributed by atoms with Gasteiger partial charge in [-0.1, -0.05) is 49.3 Å². The number of aliphatic carboxylic acids is 1. The fourth-order valence-electron chi connectivity index (χ4n) is 3.12. The monoisotopic (exact) mass is 428 g/mol. The molecule has 2 rings (SSSR count). The predicted molar refractivity (Wildman–Crippen MR) is 118 cm³/mol. The zero-order chi connectivity index (χ0) is 23.0. The number of oxime groups is 1. The molecule has 0 aliphatic carbocycles. The maximum absolute atomic E-state index is 12.4. The Morgan fingerprint density at radius 3 is 2.03 bits per heavy atom. The molecule has 0 saturated heterocycles. The van der Waals surface area contributed by atoms with Crippen molar-refractivity contribution in [1.82, 2.24) is 5.32 Å². The first-order chi connectivity index (χ1) is 14.8. The van der Waals surface area contributed by atoms with Crippen molar-refractivity contribution in [3.63, 3.8) is 0 Å². The number of carbonyl (C=O) groups is 2. The third kappa shape index (κ3) is 5.97. The highest BCUT2D eigenvalue weighted by atomic mass is 16.6. The Morgan fingerprint density at radius 1 is 1.00 bits per heavy atom. The zero-order valence-electron chi connectivity index (χ0n) is 18.3. The maximum atomic E-state index is 12.4. The van der Waals surface area contributed by atoms with Crippen LogP contribution in [0.5, 0.6) is 11.5 Å². The summed E-state index contributed by atoms with van der Waals surface area (Å²) in [4.78, 5) is 28.9. The third-order valence-corrected chi connectivity index (χ3v) is 4.68. The Labute approximate surface area is 181 Å². The van der Waals surface area contributed by atoms with E-state index in [0.29, 0.717) is 11.5 Å². The molecule has 166 valence electrons. The van der Waals surface area contributed by atoms with E-state index < -0.39 is 17.9 Å². The van der Waals surface area contributed by atoms with E-state index in [1.54, 1.807) is 28.1 Å². The van der Waals surface area contributed by atoms with Gasteiger partial charge in [-0.25, -0.2) is 4.79 Å². The van der Waals surface area contributed by atoms with E-state index in [-0.39, 0.29) is 18.1 Å². The molecule has 31 heavy (non-hydrogen) atoms. The number of amides is 1. The lowest BCUT2D eigenvalue weighted by Crippen LogP contribution is -2.46. The first-order valence-electron chi connectivity index (χ1n) is 9.77. The van der Waals surface area contributed by atoms with Gasteiger partial charge in [0.05, 0.1) is 19.8 Å². The number of carboxylic acid groups (broad SMARTS) is 1. The van der Waals surface area contributed by atoms with Crippen molar-refractivity contribution >= 4 is 17.6 Å². The van der Waals surface area contributed by atoms with Crippen LogP contribution in [0.1, 0.15) is 19.4 Å². The molecular formula is C23H28N2O6. The Hall–Kier alpha value is -3.55. The Bertz CT molecular complexity index is 915. The number of nitrogens with zero attached hydrogens (tertiary/aromatic N) is 1. The molecule has 0 spiro atoms. The smallest absolute Gasteiger partial charge is 0.326 e. The van der Waals surface area contributed by atoms with Crippen molar-refractivity contribution < 1.29 is 29.0 Å². The first-order valence-corrected chi connectivity index (χ1v) is 9.77. The van der Waals surface area contributed by atoms with E-state index in [4.69, 9.17) is 14.3 Å². The second kappa shape index (κ2) is 11.0. The second-order valence-electron chi connectivity index (χ2n) is 7.12. The zero-order valence-corrected chi connectivity index (χ0v) is 18.3. The van der Waals surface area contributed by atoms with Crippen molar-refractivity contribution in [2.75, 3.05) is 21.3 Å². The lowest BCUT2D eigenvalue weighted by Gasteiger charge is -2.17. The fourth-order valence-corrected chi connectivity index (χ4v) is 3.12. The summed E-state index contributed by atoms with van der Waals surface area (Å²) in [7, 11) is 4.51. The van der Waals surface area contributed by atoms with Crippen LogP contribution in [0.4, 0.5) is 0 Å². The molecule has 2 N–H and O–H groups in total. The molecule has 2 aromatic rings. The molecule has 1 amide bonds. The minimum Gasteiger partial charge on any atom is -0.496 e. The molecule has 0 bridgehead atoms. The summed E-state index contributed by atoms with van der Waals surface area (Å²) in [5.74, 6) is -0.587. The number of carbonyl (C=O) groups excluding carboxylic acids is 1. The molecule has 0 aromatic heterocycles. The van der Waals surface area contributed by atoms with Crippen LogP contribution in [0.15, 0.2) is 47.6 Å². The highest BCUT2D eigenvalue weighted by Crippen LogP contribution is 2.38. The van der Waals surface area contributed by atoms with Crippen LogP contribution in [-0.2, 0) is 20.8 Å². The van der Waals surface area contributed by atoms with E-state index in [1.807, 2.05) is 42.5 Å². The van der Waals surface area contributed by atoms with E-state index in [9.17, 15) is 14.7 Å². The summed E-state index contributed by atoms with van der Waals surface area (Å²) < 4.78 is 10.9. The van der Waals surface area contributed by atoms with Gasteiger partial charge in [-0.05, 0) is 23.3 Å². The maximum Gasteiger partial charge on any atom is 0.326 e. The van der Waals surface area contributed by atoms with Gasteiger partial charge in [-0.2, -0.15) is 0 Å². The van der Waals surface area contributed by atoms with Crippen molar-refractivity contribution in [3.8, 4) is 22.6 Å². The van der Waals surface area contributed by atoms with E-state index >= 15 is 0 Å². The average molecular weight is 428 g/mol. The molecule has 1 atom stereocenters. The van der Waals surface area contributed by atoms with Crippen molar-refractivity contribution in [2.24, 2.45) is 11.1 Å². The summed E-state index contributed by atoms with van der Waals surface area (Å²) in [5, 5.41) is 15.8. The van der Waals surface area contributed by atoms with Crippen molar-refractivity contribution in [1.29, 1.82) is 0 Å². The van der Waals surface area contributed by atoms with Crippen LogP contribution in [0.3, 0.4) is 0 Å². The number of methoxy groups -OCH3 is 2. The molecule has 8 heteroatoms. The van der Waals surface area contributed by atoms with Crippen LogP contribution < -0.4 is 14.8 Å². The standard InChI is InChI=1S/C23H28N2O6/c1-14(2)21(25-31-5)22(26)24-17(23(27)28)13-15-9-11-16(12-10-15)20-18(29-3)7-6-8-19(20)30-4/h6-12,14,17H,13H2,1-5H3,(H,24,26)(H,27,28)/b25-21-/t17-/m0/s1. The van der Waals surface area contributed by atoms with Gasteiger partial charge in [0, 0.05) is 12.3 Å². The summed E-state index contributed by atoms with van der Waals surface area (Å²) in [5.41, 5.74) is 2.55. The minimum atomic E-state index is -1.13. The lowest BCUT2D eigenvalue weighted by atomic mass is 9.99. The summed E-state index contributed by atoms with van der Waals surface area (Å²) in [6, 6.07) is 11.8. The van der Waals surface area contributed by atoms with Gasteiger partial charge in [0.1, 0.15) is 30.4 Å². The van der Waals surface area contributed by atoms with Gasteiger partial charge < -0.3 is 24.7 Å². The molecule has 2 aromatic carbocycles. The summed E-state index contributed by atoms with van der Waals surface area (Å²) in [6.45, 7) is 3.55. The van der Waals surface area contributed by atoms with Crippen LogP contribution in [0, 0.1) is 5.92 Å². The number of carboxylic acids is 1. The molecule has 0 unspecified atom stereocenters. The highest BCUT2D eigenvalue weighted by molar-refractivity contribution is 6.39. The quantitative estimate of drug-likeness (QED) is 0.445. The number of ether oxygens (including phenoxy) is 2. The van der Waals surface area contributed by atoms with Gasteiger partial charge in [0.15, 0.2) is 0 Å². The molecule has 0 aliphatic rings. The second-order valence-corrected chi connectivity index (χ2v) is 7.12. The van der Waals surface area contributed by atoms with Crippen molar-refractivity contribution in [3.05, 3.63) is 48.0 Å². The van der Waals surface area contributed by atoms with E-state index in [2.05, 4.69) is 10.5 Å². The van der Waals surface area contributed by atoms with Crippen molar-refractivity contribution in [2.45, 2.75) is 26.3 Å². The van der Waals surface area contributed by atoms with Crippen LogP contribution >= 0.6 is 0 Å². The van der Waals surface area contributed by atoms with Gasteiger partial charge in [0.2, 0.25) is 0 Å². The number of hydrogen-bond donors (Lipinski definition) is 2. The fraction of sp³-hybridized carbons (Fsp3) is 0.348. The van der Waals surface area contributed by atoms with Crippen LogP contribution in [0.2, 0.25) is 0 Å². The van der Waals surface area contributed by atoms with Crippen LogP contribution in [0.25, 0.3) is 11.1 Å². The molecule has 0 heterocycles. The molecule has 8 nitrogen and oxygen atoms in total. The Balaban J connectivity index is 2.23. The normalized spacial score (nSPS) is 12.3. The number of nitrogens with one attached hydrogen (secondary N) is 1. The van der Waals surface area contributed by atoms with E-state index in [0.717, 1.165) is 16.7 Å². The number of hydrogen-bond acceptors (Lipinski definition) is 6. The average Bonchev–Trinajstić information content (AvgIpc) is 2.76. The molecule has 0 aliphatic heterocycles. The predicted octanol–water partition coefficient (Wildman–Crippen LogP) is 3.14. The molecule has 0 fully saturated rings.